The van der Waals surface area contributed by atoms with Crippen LogP contribution in [-0.4, -0.2) is 7.05 Å². The Balaban J connectivity index is 3.09. The van der Waals surface area contributed by atoms with E-state index in [1.54, 1.807) is 0 Å². The largest absolute Gasteiger partial charge is 0.303 e. The smallest absolute Gasteiger partial charge is 0.0955 e. The molecule has 1 aromatic carbocycles. The normalized spacial score (nSPS) is 12.2. The van der Waals surface area contributed by atoms with Crippen LogP contribution in [-0.2, 0) is 0 Å². The van der Waals surface area contributed by atoms with Crippen LogP contribution in [0.3, 0.4) is 0 Å². The maximum absolute atomic E-state index is 6.02. The Kier molecular flexibility index (Phi) is 3.80. The third-order valence-corrected chi connectivity index (χ3v) is 2.55. The van der Waals surface area contributed by atoms with Gasteiger partial charge in [-0.15, -0.1) is 6.42 Å². The molecule has 3 heteroatoms. The van der Waals surface area contributed by atoms with Gasteiger partial charge in [0.1, 0.15) is 0 Å². The van der Waals surface area contributed by atoms with Gasteiger partial charge in [0.2, 0.25) is 0 Å². The van der Waals surface area contributed by atoms with E-state index in [2.05, 4.69) is 27.2 Å². The molecular weight excluding hydrogens is 249 g/mol. The number of hydrogen-bond acceptors (Lipinski definition) is 1. The molecule has 1 atom stereocenters. The first kappa shape index (κ1) is 10.6. The highest BCUT2D eigenvalue weighted by molar-refractivity contribution is 9.10. The van der Waals surface area contributed by atoms with Gasteiger partial charge in [0.25, 0.3) is 0 Å². The Morgan fingerprint density at radius 3 is 2.77 bits per heavy atom. The third-order valence-electron chi connectivity index (χ3n) is 1.73. The van der Waals surface area contributed by atoms with Crippen LogP contribution >= 0.6 is 27.5 Å². The molecule has 1 unspecified atom stereocenters. The Morgan fingerprint density at radius 1 is 1.62 bits per heavy atom. The van der Waals surface area contributed by atoms with Crippen LogP contribution in [0, 0.1) is 12.3 Å². The monoisotopic (exact) mass is 257 g/mol. The second-order valence-electron chi connectivity index (χ2n) is 2.55. The molecule has 0 aliphatic carbocycles. The van der Waals surface area contributed by atoms with Crippen LogP contribution in [0.25, 0.3) is 0 Å². The van der Waals surface area contributed by atoms with Crippen molar-refractivity contribution in [3.63, 3.8) is 0 Å². The van der Waals surface area contributed by atoms with E-state index in [9.17, 15) is 0 Å². The lowest BCUT2D eigenvalue weighted by molar-refractivity contribution is 0.737. The summed E-state index contributed by atoms with van der Waals surface area (Å²) in [5.74, 6) is 2.62. The van der Waals surface area contributed by atoms with Gasteiger partial charge in [-0.1, -0.05) is 39.5 Å². The van der Waals surface area contributed by atoms with Crippen molar-refractivity contribution in [1.82, 2.24) is 5.32 Å². The first-order chi connectivity index (χ1) is 6.19. The van der Waals surface area contributed by atoms with Crippen molar-refractivity contribution >= 4 is 27.5 Å². The van der Waals surface area contributed by atoms with Gasteiger partial charge >= 0.3 is 0 Å². The van der Waals surface area contributed by atoms with E-state index in [1.807, 2.05) is 25.2 Å². The Hall–Kier alpha value is -0.490. The zero-order valence-electron chi connectivity index (χ0n) is 7.14. The topological polar surface area (TPSA) is 12.0 Å². The molecular formula is C10H9BrClN. The molecule has 0 fully saturated rings. The molecule has 0 saturated heterocycles. The summed E-state index contributed by atoms with van der Waals surface area (Å²) in [5.41, 5.74) is 0.926. The van der Waals surface area contributed by atoms with Crippen molar-refractivity contribution in [2.75, 3.05) is 7.05 Å². The quantitative estimate of drug-likeness (QED) is 0.804. The molecule has 0 spiro atoms. The van der Waals surface area contributed by atoms with Gasteiger partial charge in [-0.05, 0) is 24.7 Å². The van der Waals surface area contributed by atoms with Gasteiger partial charge in [-0.2, -0.15) is 0 Å². The Labute approximate surface area is 91.6 Å². The predicted octanol–water partition coefficient (Wildman–Crippen LogP) is 3.00. The number of halogens is 2. The minimum Gasteiger partial charge on any atom is -0.303 e. The Morgan fingerprint density at radius 2 is 2.31 bits per heavy atom. The molecule has 1 rings (SSSR count). The standard InChI is InChI=1S/C10H9BrClN/c1-3-10(13-2)8-5-4-7(11)6-9(8)12/h1,4-6,10,13H,2H3. The van der Waals surface area contributed by atoms with E-state index >= 15 is 0 Å². The lowest BCUT2D eigenvalue weighted by atomic mass is 10.1. The van der Waals surface area contributed by atoms with E-state index < -0.39 is 0 Å². The fraction of sp³-hybridized carbons (Fsp3) is 0.200. The first-order valence-electron chi connectivity index (χ1n) is 3.77. The lowest BCUT2D eigenvalue weighted by Crippen LogP contribution is -2.14. The van der Waals surface area contributed by atoms with Gasteiger partial charge in [0, 0.05) is 9.50 Å². The van der Waals surface area contributed by atoms with Gasteiger partial charge in [-0.3, -0.25) is 0 Å². The van der Waals surface area contributed by atoms with Crippen molar-refractivity contribution < 1.29 is 0 Å². The van der Waals surface area contributed by atoms with Crippen molar-refractivity contribution in [3.05, 3.63) is 33.3 Å². The molecule has 1 nitrogen and oxygen atoms in total. The molecule has 0 heterocycles. The lowest BCUT2D eigenvalue weighted by Gasteiger charge is -2.11. The molecule has 13 heavy (non-hydrogen) atoms. The average Bonchev–Trinajstić information content (AvgIpc) is 2.10. The zero-order chi connectivity index (χ0) is 9.84. The fourth-order valence-corrected chi connectivity index (χ4v) is 1.85. The maximum Gasteiger partial charge on any atom is 0.0955 e. The van der Waals surface area contributed by atoms with Crippen LogP contribution in [0.4, 0.5) is 0 Å². The molecule has 0 saturated carbocycles. The minimum atomic E-state index is -0.124. The number of rotatable bonds is 2. The number of nitrogens with one attached hydrogen (secondary N) is 1. The SMILES string of the molecule is C#CC(NC)c1ccc(Br)cc1Cl. The van der Waals surface area contributed by atoms with Crippen molar-refractivity contribution in [2.24, 2.45) is 0 Å². The van der Waals surface area contributed by atoms with E-state index in [-0.39, 0.29) is 6.04 Å². The summed E-state index contributed by atoms with van der Waals surface area (Å²) in [6.07, 6.45) is 5.34. The van der Waals surface area contributed by atoms with Crippen LogP contribution < -0.4 is 5.32 Å². The predicted molar refractivity (Wildman–Crippen MR) is 59.8 cm³/mol. The van der Waals surface area contributed by atoms with E-state index in [0.29, 0.717) is 5.02 Å². The molecule has 0 amide bonds. The van der Waals surface area contributed by atoms with Crippen molar-refractivity contribution in [3.8, 4) is 12.3 Å². The highest BCUT2D eigenvalue weighted by Gasteiger charge is 2.09. The highest BCUT2D eigenvalue weighted by atomic mass is 79.9. The Bertz CT molecular complexity index is 343. The fourth-order valence-electron chi connectivity index (χ4n) is 1.06. The van der Waals surface area contributed by atoms with Gasteiger partial charge in [-0.25, -0.2) is 0 Å². The van der Waals surface area contributed by atoms with Crippen LogP contribution in [0.15, 0.2) is 22.7 Å². The number of benzene rings is 1. The molecule has 0 aliphatic rings. The second kappa shape index (κ2) is 4.66. The number of terminal acetylenes is 1. The van der Waals surface area contributed by atoms with Gasteiger partial charge < -0.3 is 5.32 Å². The van der Waals surface area contributed by atoms with Crippen molar-refractivity contribution in [2.45, 2.75) is 6.04 Å². The minimum absolute atomic E-state index is 0.124. The van der Waals surface area contributed by atoms with Crippen LogP contribution in [0.2, 0.25) is 5.02 Å². The van der Waals surface area contributed by atoms with E-state index in [1.165, 1.54) is 0 Å². The van der Waals surface area contributed by atoms with Gasteiger partial charge in [0.05, 0.1) is 6.04 Å². The summed E-state index contributed by atoms with van der Waals surface area (Å²) in [7, 11) is 1.81. The average molecular weight is 259 g/mol. The summed E-state index contributed by atoms with van der Waals surface area (Å²) in [6.45, 7) is 0. The number of hydrogen-bond donors (Lipinski definition) is 1. The second-order valence-corrected chi connectivity index (χ2v) is 3.88. The summed E-state index contributed by atoms with van der Waals surface area (Å²) in [4.78, 5) is 0. The zero-order valence-corrected chi connectivity index (χ0v) is 9.48. The first-order valence-corrected chi connectivity index (χ1v) is 4.94. The van der Waals surface area contributed by atoms with Crippen molar-refractivity contribution in [1.29, 1.82) is 0 Å². The van der Waals surface area contributed by atoms with Crippen LogP contribution in [0.5, 0.6) is 0 Å². The summed E-state index contributed by atoms with van der Waals surface area (Å²) in [6, 6.07) is 5.54. The maximum atomic E-state index is 6.02. The molecule has 0 aromatic heterocycles. The molecule has 1 aromatic rings. The van der Waals surface area contributed by atoms with E-state index in [4.69, 9.17) is 18.0 Å². The molecule has 0 bridgehead atoms. The van der Waals surface area contributed by atoms with E-state index in [0.717, 1.165) is 10.0 Å². The summed E-state index contributed by atoms with van der Waals surface area (Å²) >= 11 is 9.35. The molecule has 0 radical (unpaired) electrons. The summed E-state index contributed by atoms with van der Waals surface area (Å²) in [5, 5.41) is 3.67. The molecule has 0 aliphatic heterocycles. The van der Waals surface area contributed by atoms with Crippen LogP contribution in [0.1, 0.15) is 11.6 Å². The highest BCUT2D eigenvalue weighted by Crippen LogP contribution is 2.25. The third kappa shape index (κ3) is 2.47. The molecule has 68 valence electrons. The molecule has 1 N–H and O–H groups in total. The van der Waals surface area contributed by atoms with Gasteiger partial charge in [0.15, 0.2) is 0 Å². The summed E-state index contributed by atoms with van der Waals surface area (Å²) < 4.78 is 0.952.